The molecular weight excluding hydrogens is 827 g/mol. The van der Waals surface area contributed by atoms with Crippen LogP contribution in [0.1, 0.15) is 63.1 Å². The number of amides is 1. The molecular formula is C48H45N11O6. The topological polar surface area (TPSA) is 217 Å². The van der Waals surface area contributed by atoms with Gasteiger partial charge in [-0.05, 0) is 89.9 Å². The zero-order valence-corrected chi connectivity index (χ0v) is 35.8. The van der Waals surface area contributed by atoms with E-state index in [1.54, 1.807) is 36.7 Å². The Morgan fingerprint density at radius 1 is 0.754 bits per heavy atom. The van der Waals surface area contributed by atoms with Gasteiger partial charge in [0.05, 0.1) is 47.6 Å². The molecule has 0 bridgehead atoms. The highest BCUT2D eigenvalue weighted by Crippen LogP contribution is 2.40. The number of fused-ring (bicyclic) bond motifs is 2. The molecule has 328 valence electrons. The Morgan fingerprint density at radius 3 is 2.06 bits per heavy atom. The number of tetrazole rings is 2. The fraction of sp³-hybridized carbons (Fsp3) is 0.271. The van der Waals surface area contributed by atoms with E-state index in [-0.39, 0.29) is 19.8 Å². The maximum atomic E-state index is 13.8. The van der Waals surface area contributed by atoms with Crippen LogP contribution >= 0.6 is 0 Å². The molecule has 1 atom stereocenters. The number of benzene rings is 4. The monoisotopic (exact) mass is 871 g/mol. The number of nitrogens with zero attached hydrogens (tertiary/aromatic N) is 10. The molecule has 1 aliphatic carbocycles. The lowest BCUT2D eigenvalue weighted by molar-refractivity contribution is -0.157. The molecule has 2 N–H and O–H groups in total. The summed E-state index contributed by atoms with van der Waals surface area (Å²) in [5.74, 6) is -0.632. The summed E-state index contributed by atoms with van der Waals surface area (Å²) >= 11 is 0. The van der Waals surface area contributed by atoms with Crippen LogP contribution in [0, 0.1) is 5.41 Å². The largest absolute Gasteiger partial charge is 0.481 e. The second-order valence-electron chi connectivity index (χ2n) is 16.0. The fourth-order valence-corrected chi connectivity index (χ4v) is 8.77. The molecule has 4 heterocycles. The molecule has 65 heavy (non-hydrogen) atoms. The minimum Gasteiger partial charge on any atom is -0.481 e. The Kier molecular flexibility index (Phi) is 12.0. The van der Waals surface area contributed by atoms with Crippen LogP contribution in [-0.2, 0) is 25.6 Å². The first-order valence-electron chi connectivity index (χ1n) is 21.6. The molecule has 4 aromatic carbocycles. The minimum atomic E-state index is -1.25. The van der Waals surface area contributed by atoms with Crippen LogP contribution in [0.2, 0.25) is 0 Å². The first-order chi connectivity index (χ1) is 31.7. The predicted molar refractivity (Wildman–Crippen MR) is 240 cm³/mol. The Labute approximate surface area is 372 Å². The van der Waals surface area contributed by atoms with Gasteiger partial charge in [0, 0.05) is 39.6 Å². The third-order valence-corrected chi connectivity index (χ3v) is 11.9. The van der Waals surface area contributed by atoms with Crippen molar-refractivity contribution in [3.05, 3.63) is 120 Å². The van der Waals surface area contributed by atoms with Crippen molar-refractivity contribution in [1.82, 2.24) is 55.7 Å². The maximum absolute atomic E-state index is 13.8. The quantitative estimate of drug-likeness (QED) is 0.0988. The zero-order valence-electron chi connectivity index (χ0n) is 35.8. The Bertz CT molecular complexity index is 3020. The van der Waals surface area contributed by atoms with E-state index in [1.807, 2.05) is 84.9 Å². The van der Waals surface area contributed by atoms with Crippen LogP contribution < -0.4 is 0 Å². The van der Waals surface area contributed by atoms with Crippen molar-refractivity contribution in [2.24, 2.45) is 5.41 Å². The summed E-state index contributed by atoms with van der Waals surface area (Å²) in [6, 6.07) is 33.5. The van der Waals surface area contributed by atoms with Crippen molar-refractivity contribution in [1.29, 1.82) is 0 Å². The van der Waals surface area contributed by atoms with Gasteiger partial charge in [-0.3, -0.25) is 9.69 Å². The molecule has 4 aromatic heterocycles. The fourth-order valence-electron chi connectivity index (χ4n) is 8.77. The van der Waals surface area contributed by atoms with E-state index in [1.165, 1.54) is 4.90 Å². The number of hydrogen-bond acceptors (Lipinski definition) is 13. The van der Waals surface area contributed by atoms with Gasteiger partial charge in [0.1, 0.15) is 0 Å². The van der Waals surface area contributed by atoms with Gasteiger partial charge in [0.15, 0.2) is 11.9 Å². The first-order valence-corrected chi connectivity index (χ1v) is 21.6. The number of hydrogen-bond donors (Lipinski definition) is 2. The molecule has 9 rings (SSSR count). The van der Waals surface area contributed by atoms with Gasteiger partial charge in [-0.1, -0.05) is 92.1 Å². The lowest BCUT2D eigenvalue weighted by Gasteiger charge is -2.39. The van der Waals surface area contributed by atoms with Crippen molar-refractivity contribution in [3.63, 3.8) is 0 Å². The standard InChI is InChI=1S/C48H45N11O6/c1-3-64-45(60)42(58(47(63)65-4-2)29-48(46(61)62)24-10-5-11-25-48)33-19-21-39-32(27-33)18-23-41(50-39)35-13-7-9-15-37(35)44-53-56-57-59(44)28-30-16-20-38-31(26-30)17-22-40(49-38)34-12-6-8-14-36(34)43-51-54-55-52-43/h6-9,12-23,26-27,42H,3-5,10-11,24-25,28-29H2,1-2H3,(H,61,62)(H,51,52,54,55). The minimum absolute atomic E-state index is 0.0486. The number of nitrogens with one attached hydrogen (secondary N) is 1. The van der Waals surface area contributed by atoms with Crippen LogP contribution in [0.15, 0.2) is 109 Å². The molecule has 0 spiro atoms. The van der Waals surface area contributed by atoms with Gasteiger partial charge in [0.2, 0.25) is 5.82 Å². The number of carbonyl (C=O) groups excluding carboxylic acids is 2. The highest BCUT2D eigenvalue weighted by Gasteiger charge is 2.46. The van der Waals surface area contributed by atoms with Gasteiger partial charge >= 0.3 is 18.0 Å². The number of H-pyrrole nitrogens is 1. The third-order valence-electron chi connectivity index (χ3n) is 11.9. The van der Waals surface area contributed by atoms with E-state index in [4.69, 9.17) is 19.4 Å². The van der Waals surface area contributed by atoms with E-state index in [9.17, 15) is 19.5 Å². The normalized spacial score (nSPS) is 13.9. The molecule has 17 heteroatoms. The van der Waals surface area contributed by atoms with E-state index in [0.29, 0.717) is 66.0 Å². The number of aliphatic carboxylic acids is 1. The van der Waals surface area contributed by atoms with Crippen LogP contribution in [0.3, 0.4) is 0 Å². The highest BCUT2D eigenvalue weighted by molar-refractivity contribution is 5.89. The molecule has 0 aliphatic heterocycles. The summed E-state index contributed by atoms with van der Waals surface area (Å²) < 4.78 is 12.7. The molecule has 0 radical (unpaired) electrons. The number of ether oxygens (including phenoxy) is 2. The Morgan fingerprint density at radius 2 is 1.40 bits per heavy atom. The Balaban J connectivity index is 0.997. The molecule has 0 saturated heterocycles. The van der Waals surface area contributed by atoms with Crippen LogP contribution in [0.4, 0.5) is 4.79 Å². The summed E-state index contributed by atoms with van der Waals surface area (Å²) in [5, 5.41) is 39.5. The van der Waals surface area contributed by atoms with E-state index in [2.05, 4.69) is 42.2 Å². The number of carboxylic acids is 1. The number of rotatable bonds is 14. The van der Waals surface area contributed by atoms with Gasteiger partial charge < -0.3 is 14.6 Å². The maximum Gasteiger partial charge on any atom is 0.410 e. The summed E-state index contributed by atoms with van der Waals surface area (Å²) in [7, 11) is 0. The Hall–Kier alpha value is -7.95. The molecule has 1 aliphatic rings. The number of pyridine rings is 2. The summed E-state index contributed by atoms with van der Waals surface area (Å²) in [5.41, 5.74) is 6.40. The molecule has 1 amide bonds. The van der Waals surface area contributed by atoms with Crippen molar-refractivity contribution in [2.45, 2.75) is 58.5 Å². The van der Waals surface area contributed by atoms with Crippen molar-refractivity contribution in [3.8, 4) is 45.3 Å². The van der Waals surface area contributed by atoms with Gasteiger partial charge in [-0.2, -0.15) is 5.21 Å². The van der Waals surface area contributed by atoms with E-state index in [0.717, 1.165) is 50.8 Å². The van der Waals surface area contributed by atoms with Gasteiger partial charge in [-0.15, -0.1) is 15.3 Å². The lowest BCUT2D eigenvalue weighted by atomic mass is 9.73. The summed E-state index contributed by atoms with van der Waals surface area (Å²) in [4.78, 5) is 51.4. The van der Waals surface area contributed by atoms with Crippen LogP contribution in [0.25, 0.3) is 67.1 Å². The second kappa shape index (κ2) is 18.4. The van der Waals surface area contributed by atoms with Crippen LogP contribution in [-0.4, -0.2) is 98.6 Å². The van der Waals surface area contributed by atoms with Gasteiger partial charge in [-0.25, -0.2) is 24.2 Å². The smallest absolute Gasteiger partial charge is 0.410 e. The SMILES string of the molecule is CCOC(=O)C(c1ccc2nc(-c3ccccc3-c3nnnn3Cc3ccc4nc(-c5ccccc5-c5nn[nH]n5)ccc4c3)ccc2c1)N(CC1(C(=O)O)CCCCC1)C(=O)OCC. The molecule has 1 unspecified atom stereocenters. The zero-order chi connectivity index (χ0) is 44.9. The molecule has 1 saturated carbocycles. The summed E-state index contributed by atoms with van der Waals surface area (Å²) in [6.07, 6.45) is 2.31. The number of aromatic amines is 1. The lowest BCUT2D eigenvalue weighted by Crippen LogP contribution is -2.50. The van der Waals surface area contributed by atoms with E-state index >= 15 is 0 Å². The van der Waals surface area contributed by atoms with Crippen molar-refractivity contribution < 1.29 is 29.0 Å². The number of aromatic nitrogens is 10. The predicted octanol–water partition coefficient (Wildman–Crippen LogP) is 8.10. The molecule has 8 aromatic rings. The first kappa shape index (κ1) is 42.4. The molecule has 17 nitrogen and oxygen atoms in total. The van der Waals surface area contributed by atoms with Crippen LogP contribution in [0.5, 0.6) is 0 Å². The highest BCUT2D eigenvalue weighted by atomic mass is 16.6. The van der Waals surface area contributed by atoms with Crippen molar-refractivity contribution >= 4 is 39.8 Å². The third kappa shape index (κ3) is 8.59. The number of esters is 1. The van der Waals surface area contributed by atoms with Crippen molar-refractivity contribution in [2.75, 3.05) is 19.8 Å². The second-order valence-corrected chi connectivity index (χ2v) is 16.0. The average molecular weight is 872 g/mol. The average Bonchev–Trinajstić information content (AvgIpc) is 4.05. The number of carbonyl (C=O) groups is 3. The van der Waals surface area contributed by atoms with E-state index < -0.39 is 29.5 Å². The number of carboxylic acid groups (broad SMARTS) is 1. The van der Waals surface area contributed by atoms with Gasteiger partial charge in [0.25, 0.3) is 0 Å². The molecule has 1 fully saturated rings. The summed E-state index contributed by atoms with van der Waals surface area (Å²) in [6.45, 7) is 3.66.